The molecule has 2 unspecified atom stereocenters. The summed E-state index contributed by atoms with van der Waals surface area (Å²) in [5.74, 6) is 0. The number of rotatable bonds is 3. The third-order valence-corrected chi connectivity index (χ3v) is 3.52. The summed E-state index contributed by atoms with van der Waals surface area (Å²) in [5.41, 5.74) is 1.10. The molecule has 1 N–H and O–H groups in total. The summed E-state index contributed by atoms with van der Waals surface area (Å²) in [7, 11) is 0. The number of nitrogens with zero attached hydrogens (tertiary/aromatic N) is 2. The number of hydrogen-bond acceptors (Lipinski definition) is 5. The lowest BCUT2D eigenvalue weighted by molar-refractivity contribution is 0.0880. The fourth-order valence-corrected chi connectivity index (χ4v) is 2.07. The number of aromatic nitrogens is 2. The first-order valence-electron chi connectivity index (χ1n) is 4.83. The normalized spacial score (nSPS) is 32.3. The van der Waals surface area contributed by atoms with E-state index in [2.05, 4.69) is 28.8 Å². The molecule has 2 atom stereocenters. The molecule has 4 nitrogen and oxygen atoms in total. The van der Waals surface area contributed by atoms with Crippen LogP contribution in [0.2, 0.25) is 0 Å². The smallest absolute Gasteiger partial charge is 0.0893 e. The van der Waals surface area contributed by atoms with Gasteiger partial charge in [0.2, 0.25) is 0 Å². The molecule has 0 aliphatic carbocycles. The van der Waals surface area contributed by atoms with Crippen LogP contribution in [0.5, 0.6) is 0 Å². The van der Waals surface area contributed by atoms with Crippen molar-refractivity contribution in [2.24, 2.45) is 0 Å². The van der Waals surface area contributed by atoms with E-state index in [0.717, 1.165) is 25.3 Å². The van der Waals surface area contributed by atoms with E-state index in [4.69, 9.17) is 4.74 Å². The Morgan fingerprint density at radius 2 is 2.64 bits per heavy atom. The van der Waals surface area contributed by atoms with Crippen LogP contribution in [0.25, 0.3) is 0 Å². The Labute approximate surface area is 87.8 Å². The molecule has 0 aromatic carbocycles. The first kappa shape index (κ1) is 10.0. The van der Waals surface area contributed by atoms with Gasteiger partial charge in [-0.05, 0) is 31.8 Å². The van der Waals surface area contributed by atoms with Gasteiger partial charge in [-0.1, -0.05) is 4.49 Å². The van der Waals surface area contributed by atoms with Crippen LogP contribution in [0.1, 0.15) is 26.0 Å². The maximum atomic E-state index is 5.54. The van der Waals surface area contributed by atoms with Crippen molar-refractivity contribution in [1.29, 1.82) is 0 Å². The summed E-state index contributed by atoms with van der Waals surface area (Å²) in [5, 5.41) is 9.46. The molecule has 14 heavy (non-hydrogen) atoms. The van der Waals surface area contributed by atoms with E-state index in [0.29, 0.717) is 0 Å². The zero-order chi connectivity index (χ0) is 10.0. The first-order chi connectivity index (χ1) is 6.71. The highest BCUT2D eigenvalue weighted by Crippen LogP contribution is 2.25. The van der Waals surface area contributed by atoms with Crippen molar-refractivity contribution in [2.75, 3.05) is 6.61 Å². The molecule has 2 rings (SSSR count). The molecule has 0 radical (unpaired) electrons. The van der Waals surface area contributed by atoms with E-state index in [9.17, 15) is 0 Å². The monoisotopic (exact) mass is 213 g/mol. The van der Waals surface area contributed by atoms with E-state index in [-0.39, 0.29) is 11.6 Å². The van der Waals surface area contributed by atoms with Crippen LogP contribution in [0, 0.1) is 0 Å². The van der Waals surface area contributed by atoms with Crippen molar-refractivity contribution >= 4 is 11.5 Å². The fraction of sp³-hybridized carbons (Fsp3) is 0.778. The quantitative estimate of drug-likeness (QED) is 0.819. The van der Waals surface area contributed by atoms with Gasteiger partial charge in [0.1, 0.15) is 0 Å². The van der Waals surface area contributed by atoms with Crippen molar-refractivity contribution in [3.8, 4) is 0 Å². The molecule has 78 valence electrons. The molecule has 1 aliphatic heterocycles. The zero-order valence-electron chi connectivity index (χ0n) is 8.49. The second kappa shape index (κ2) is 3.92. The Hall–Kier alpha value is -0.520. The number of nitrogens with one attached hydrogen (secondary N) is 1. The van der Waals surface area contributed by atoms with Gasteiger partial charge in [-0.3, -0.25) is 0 Å². The van der Waals surface area contributed by atoms with Gasteiger partial charge in [-0.15, -0.1) is 5.10 Å². The Kier molecular flexibility index (Phi) is 2.80. The van der Waals surface area contributed by atoms with E-state index >= 15 is 0 Å². The second-order valence-corrected chi connectivity index (χ2v) is 4.54. The molecule has 5 heteroatoms. The van der Waals surface area contributed by atoms with Crippen LogP contribution in [0.15, 0.2) is 5.38 Å². The van der Waals surface area contributed by atoms with Crippen LogP contribution in [-0.4, -0.2) is 27.8 Å². The largest absolute Gasteiger partial charge is 0.377 e. The fourth-order valence-electron chi connectivity index (χ4n) is 1.62. The molecule has 0 bridgehead atoms. The van der Waals surface area contributed by atoms with Gasteiger partial charge < -0.3 is 10.1 Å². The molecule has 2 heterocycles. The van der Waals surface area contributed by atoms with Gasteiger partial charge >= 0.3 is 0 Å². The minimum absolute atomic E-state index is 0.0869. The van der Waals surface area contributed by atoms with Gasteiger partial charge in [0.15, 0.2) is 0 Å². The highest BCUT2D eigenvalue weighted by atomic mass is 32.1. The summed E-state index contributed by atoms with van der Waals surface area (Å²) in [6.07, 6.45) is 1.33. The number of ether oxygens (including phenoxy) is 1. The van der Waals surface area contributed by atoms with Crippen molar-refractivity contribution < 1.29 is 4.74 Å². The molecular weight excluding hydrogens is 198 g/mol. The van der Waals surface area contributed by atoms with E-state index < -0.39 is 0 Å². The van der Waals surface area contributed by atoms with Crippen LogP contribution in [-0.2, 0) is 11.3 Å². The molecule has 0 spiro atoms. The lowest BCUT2D eigenvalue weighted by atomic mass is 9.95. The molecule has 1 fully saturated rings. The standard InChI is InChI=1S/C9H15N3OS/c1-7-9(2,3-4-13-7)10-5-8-6-14-12-11-8/h6-7,10H,3-5H2,1-2H3. The number of hydrogen-bond donors (Lipinski definition) is 1. The van der Waals surface area contributed by atoms with Crippen molar-refractivity contribution in [1.82, 2.24) is 14.9 Å². The Bertz CT molecular complexity index is 290. The molecule has 1 aliphatic rings. The van der Waals surface area contributed by atoms with Crippen LogP contribution >= 0.6 is 11.5 Å². The zero-order valence-corrected chi connectivity index (χ0v) is 9.30. The van der Waals surface area contributed by atoms with Crippen molar-refractivity contribution in [3.05, 3.63) is 11.1 Å². The highest BCUT2D eigenvalue weighted by molar-refractivity contribution is 7.03. The maximum Gasteiger partial charge on any atom is 0.0893 e. The van der Waals surface area contributed by atoms with Crippen molar-refractivity contribution in [3.63, 3.8) is 0 Å². The average Bonchev–Trinajstić information content (AvgIpc) is 2.75. The van der Waals surface area contributed by atoms with E-state index in [1.807, 2.05) is 5.38 Å². The van der Waals surface area contributed by atoms with E-state index in [1.54, 1.807) is 0 Å². The Morgan fingerprint density at radius 3 is 3.21 bits per heavy atom. The van der Waals surface area contributed by atoms with Gasteiger partial charge in [-0.25, -0.2) is 0 Å². The van der Waals surface area contributed by atoms with E-state index in [1.165, 1.54) is 11.5 Å². The predicted molar refractivity (Wildman–Crippen MR) is 55.2 cm³/mol. The lowest BCUT2D eigenvalue weighted by Gasteiger charge is -2.28. The van der Waals surface area contributed by atoms with Crippen LogP contribution in [0.4, 0.5) is 0 Å². The summed E-state index contributed by atoms with van der Waals surface area (Å²) in [6, 6.07) is 0. The second-order valence-electron chi connectivity index (χ2n) is 3.93. The van der Waals surface area contributed by atoms with Crippen molar-refractivity contribution in [2.45, 2.75) is 38.5 Å². The van der Waals surface area contributed by atoms with Gasteiger partial charge in [0.25, 0.3) is 0 Å². The topological polar surface area (TPSA) is 47.0 Å². The minimum Gasteiger partial charge on any atom is -0.377 e. The average molecular weight is 213 g/mol. The summed E-state index contributed by atoms with van der Waals surface area (Å²) in [4.78, 5) is 0. The first-order valence-corrected chi connectivity index (χ1v) is 5.67. The lowest BCUT2D eigenvalue weighted by Crippen LogP contribution is -2.47. The highest BCUT2D eigenvalue weighted by Gasteiger charge is 2.36. The van der Waals surface area contributed by atoms with Crippen LogP contribution < -0.4 is 5.32 Å². The molecule has 1 saturated heterocycles. The molecule has 1 aromatic heterocycles. The molecule has 0 amide bonds. The Morgan fingerprint density at radius 1 is 1.79 bits per heavy atom. The minimum atomic E-state index is 0.0869. The van der Waals surface area contributed by atoms with Gasteiger partial charge in [0, 0.05) is 24.1 Å². The predicted octanol–water partition coefficient (Wildman–Crippen LogP) is 1.20. The Balaban J connectivity index is 1.91. The third kappa shape index (κ3) is 1.94. The molecular formula is C9H15N3OS. The molecule has 1 aromatic rings. The summed E-state index contributed by atoms with van der Waals surface area (Å²) < 4.78 is 9.37. The maximum absolute atomic E-state index is 5.54. The van der Waals surface area contributed by atoms with Crippen LogP contribution in [0.3, 0.4) is 0 Å². The summed E-state index contributed by atoms with van der Waals surface area (Å²) >= 11 is 1.39. The molecule has 0 saturated carbocycles. The SMILES string of the molecule is CC1OCCC1(C)NCc1csnn1. The third-order valence-electron chi connectivity index (χ3n) is 2.96. The van der Waals surface area contributed by atoms with Gasteiger partial charge in [-0.2, -0.15) is 0 Å². The van der Waals surface area contributed by atoms with Gasteiger partial charge in [0.05, 0.1) is 11.8 Å². The summed E-state index contributed by atoms with van der Waals surface area (Å²) in [6.45, 7) is 5.93.